The number of benzene rings is 2. The van der Waals surface area contributed by atoms with Crippen molar-refractivity contribution in [3.05, 3.63) is 59.0 Å². The van der Waals surface area contributed by atoms with Gasteiger partial charge >= 0.3 is 0 Å². The van der Waals surface area contributed by atoms with Crippen molar-refractivity contribution in [1.82, 2.24) is 0 Å². The third-order valence-electron chi connectivity index (χ3n) is 3.19. The number of thiophene rings is 1. The molecule has 0 radical (unpaired) electrons. The summed E-state index contributed by atoms with van der Waals surface area (Å²) in [4.78, 5) is 12.9. The highest BCUT2D eigenvalue weighted by atomic mass is 32.1. The smallest absolute Gasteiger partial charge is 0.265 e. The molecular weight excluding hydrogens is 268 g/mol. The number of hydrogen-bond donors (Lipinski definition) is 2. The minimum Gasteiger partial charge on any atom is -0.398 e. The largest absolute Gasteiger partial charge is 0.398 e. The third kappa shape index (κ3) is 2.38. The first-order valence-electron chi connectivity index (χ1n) is 6.29. The Kier molecular flexibility index (Phi) is 3.16. The van der Waals surface area contributed by atoms with Crippen LogP contribution in [0, 0.1) is 6.92 Å². The van der Waals surface area contributed by atoms with Gasteiger partial charge in [0.15, 0.2) is 0 Å². The molecule has 0 aliphatic heterocycles. The first-order chi connectivity index (χ1) is 9.63. The average Bonchev–Trinajstić information content (AvgIpc) is 2.87. The van der Waals surface area contributed by atoms with Gasteiger partial charge in [-0.1, -0.05) is 24.3 Å². The Morgan fingerprint density at radius 2 is 1.95 bits per heavy atom. The van der Waals surface area contributed by atoms with E-state index in [1.165, 1.54) is 11.3 Å². The molecule has 1 amide bonds. The fraction of sp³-hybridized carbons (Fsp3) is 0.0625. The van der Waals surface area contributed by atoms with Crippen LogP contribution in [0.4, 0.5) is 11.4 Å². The number of fused-ring (bicyclic) bond motifs is 1. The summed E-state index contributed by atoms with van der Waals surface area (Å²) >= 11 is 1.49. The molecule has 0 saturated carbocycles. The Morgan fingerprint density at radius 1 is 1.15 bits per heavy atom. The molecule has 3 N–H and O–H groups in total. The summed E-state index contributed by atoms with van der Waals surface area (Å²) < 4.78 is 1.11. The van der Waals surface area contributed by atoms with Crippen molar-refractivity contribution in [2.24, 2.45) is 0 Å². The number of aryl methyl sites for hydroxylation is 1. The molecule has 100 valence electrons. The normalized spacial score (nSPS) is 10.7. The van der Waals surface area contributed by atoms with Crippen molar-refractivity contribution in [3.8, 4) is 0 Å². The number of amides is 1. The number of nitrogen functional groups attached to an aromatic ring is 1. The van der Waals surface area contributed by atoms with Crippen molar-refractivity contribution in [3.63, 3.8) is 0 Å². The van der Waals surface area contributed by atoms with E-state index < -0.39 is 0 Å². The van der Waals surface area contributed by atoms with E-state index in [-0.39, 0.29) is 5.91 Å². The molecule has 0 spiro atoms. The summed E-state index contributed by atoms with van der Waals surface area (Å²) in [6.45, 7) is 1.94. The van der Waals surface area contributed by atoms with Gasteiger partial charge in [-0.15, -0.1) is 11.3 Å². The molecule has 0 atom stereocenters. The van der Waals surface area contributed by atoms with Gasteiger partial charge in [0.1, 0.15) is 0 Å². The summed E-state index contributed by atoms with van der Waals surface area (Å²) in [5, 5.41) is 3.97. The molecule has 0 unspecified atom stereocenters. The van der Waals surface area contributed by atoms with E-state index in [0.717, 1.165) is 21.3 Å². The minimum absolute atomic E-state index is 0.102. The van der Waals surface area contributed by atoms with Gasteiger partial charge in [0.25, 0.3) is 5.91 Å². The maximum atomic E-state index is 12.2. The van der Waals surface area contributed by atoms with Crippen molar-refractivity contribution >= 4 is 38.7 Å². The van der Waals surface area contributed by atoms with E-state index >= 15 is 0 Å². The van der Waals surface area contributed by atoms with E-state index in [9.17, 15) is 4.79 Å². The first kappa shape index (κ1) is 12.7. The van der Waals surface area contributed by atoms with E-state index in [1.807, 2.05) is 49.4 Å². The zero-order chi connectivity index (χ0) is 14.1. The lowest BCUT2D eigenvalue weighted by atomic mass is 10.2. The number of hydrogen-bond acceptors (Lipinski definition) is 3. The first-order valence-corrected chi connectivity index (χ1v) is 7.11. The van der Waals surface area contributed by atoms with Gasteiger partial charge in [0.05, 0.1) is 4.88 Å². The van der Waals surface area contributed by atoms with Gasteiger partial charge in [-0.05, 0) is 42.1 Å². The van der Waals surface area contributed by atoms with Gasteiger partial charge in [-0.25, -0.2) is 0 Å². The number of carbonyl (C=O) groups excluding carboxylic acids is 1. The molecule has 20 heavy (non-hydrogen) atoms. The molecule has 3 nitrogen and oxygen atoms in total. The lowest BCUT2D eigenvalue weighted by molar-refractivity contribution is 0.103. The number of nitrogens with two attached hydrogens (primary N) is 1. The molecule has 0 aliphatic rings. The number of rotatable bonds is 2. The van der Waals surface area contributed by atoms with Crippen LogP contribution >= 0.6 is 11.3 Å². The van der Waals surface area contributed by atoms with Crippen LogP contribution in [0.2, 0.25) is 0 Å². The van der Waals surface area contributed by atoms with E-state index in [4.69, 9.17) is 5.73 Å². The Hall–Kier alpha value is -2.33. The molecule has 2 aromatic carbocycles. The zero-order valence-corrected chi connectivity index (χ0v) is 11.8. The van der Waals surface area contributed by atoms with Crippen LogP contribution in [0.1, 0.15) is 15.2 Å². The Labute approximate surface area is 121 Å². The van der Waals surface area contributed by atoms with E-state index in [2.05, 4.69) is 5.32 Å². The summed E-state index contributed by atoms with van der Waals surface area (Å²) in [6, 6.07) is 15.4. The molecule has 0 saturated heterocycles. The topological polar surface area (TPSA) is 55.1 Å². The van der Waals surface area contributed by atoms with Crippen molar-refractivity contribution < 1.29 is 4.79 Å². The summed E-state index contributed by atoms with van der Waals surface area (Å²) in [5.41, 5.74) is 8.25. The lowest BCUT2D eigenvalue weighted by Gasteiger charge is -2.06. The summed E-state index contributed by atoms with van der Waals surface area (Å²) in [5.74, 6) is -0.102. The molecular formula is C16H14N2OS. The molecule has 1 aromatic heterocycles. The molecule has 3 rings (SSSR count). The zero-order valence-electron chi connectivity index (χ0n) is 11.0. The third-order valence-corrected chi connectivity index (χ3v) is 4.30. The molecule has 0 bridgehead atoms. The predicted molar refractivity (Wildman–Crippen MR) is 85.4 cm³/mol. The van der Waals surface area contributed by atoms with Crippen LogP contribution in [0.25, 0.3) is 10.1 Å². The highest BCUT2D eigenvalue weighted by Crippen LogP contribution is 2.26. The van der Waals surface area contributed by atoms with Crippen LogP contribution in [0.15, 0.2) is 48.5 Å². The van der Waals surface area contributed by atoms with Gasteiger partial charge in [-0.3, -0.25) is 4.79 Å². The lowest BCUT2D eigenvalue weighted by Crippen LogP contribution is -2.10. The fourth-order valence-corrected chi connectivity index (χ4v) is 2.96. The monoisotopic (exact) mass is 282 g/mol. The Balaban J connectivity index is 1.86. The summed E-state index contributed by atoms with van der Waals surface area (Å²) in [6.07, 6.45) is 0. The van der Waals surface area contributed by atoms with Crippen LogP contribution in [0.5, 0.6) is 0 Å². The predicted octanol–water partition coefficient (Wildman–Crippen LogP) is 4.04. The van der Waals surface area contributed by atoms with Crippen LogP contribution in [-0.4, -0.2) is 5.91 Å². The number of anilines is 2. The molecule has 0 fully saturated rings. The van der Waals surface area contributed by atoms with Gasteiger partial charge < -0.3 is 11.1 Å². The highest BCUT2D eigenvalue weighted by molar-refractivity contribution is 7.20. The van der Waals surface area contributed by atoms with E-state index in [1.54, 1.807) is 6.07 Å². The second-order valence-electron chi connectivity index (χ2n) is 4.67. The SMILES string of the molecule is Cc1ccc(NC(=O)c2cc3ccccc3s2)cc1N. The molecule has 0 aliphatic carbocycles. The van der Waals surface area contributed by atoms with Crippen LogP contribution in [0.3, 0.4) is 0 Å². The second-order valence-corrected chi connectivity index (χ2v) is 5.76. The quantitative estimate of drug-likeness (QED) is 0.697. The van der Waals surface area contributed by atoms with Crippen molar-refractivity contribution in [1.29, 1.82) is 0 Å². The highest BCUT2D eigenvalue weighted by Gasteiger charge is 2.10. The Morgan fingerprint density at radius 3 is 2.70 bits per heavy atom. The number of nitrogens with one attached hydrogen (secondary N) is 1. The molecule has 1 heterocycles. The van der Waals surface area contributed by atoms with Crippen LogP contribution < -0.4 is 11.1 Å². The van der Waals surface area contributed by atoms with Crippen molar-refractivity contribution in [2.45, 2.75) is 6.92 Å². The maximum absolute atomic E-state index is 12.2. The molecule has 4 heteroatoms. The minimum atomic E-state index is -0.102. The summed E-state index contributed by atoms with van der Waals surface area (Å²) in [7, 11) is 0. The van der Waals surface area contributed by atoms with Gasteiger partial charge in [-0.2, -0.15) is 0 Å². The van der Waals surface area contributed by atoms with Gasteiger partial charge in [0.2, 0.25) is 0 Å². The maximum Gasteiger partial charge on any atom is 0.265 e. The van der Waals surface area contributed by atoms with Crippen molar-refractivity contribution in [2.75, 3.05) is 11.1 Å². The fourth-order valence-electron chi connectivity index (χ4n) is 2.00. The molecule has 3 aromatic rings. The van der Waals surface area contributed by atoms with Crippen LogP contribution in [-0.2, 0) is 0 Å². The standard InChI is InChI=1S/C16H14N2OS/c1-10-6-7-12(9-13(10)17)18-16(19)15-8-11-4-2-3-5-14(11)20-15/h2-9H,17H2,1H3,(H,18,19). The average molecular weight is 282 g/mol. The Bertz CT molecular complexity index is 759. The van der Waals surface area contributed by atoms with E-state index in [0.29, 0.717) is 10.6 Å². The number of carbonyl (C=O) groups is 1. The second kappa shape index (κ2) is 4.98. The van der Waals surface area contributed by atoms with Gasteiger partial charge in [0, 0.05) is 16.1 Å².